The molecule has 3 N–H and O–H groups in total. The van der Waals surface area contributed by atoms with Gasteiger partial charge in [0.25, 0.3) is 5.91 Å². The molecule has 1 aliphatic rings. The van der Waals surface area contributed by atoms with Crippen molar-refractivity contribution in [1.29, 1.82) is 0 Å². The number of carbonyl (C=O) groups is 3. The van der Waals surface area contributed by atoms with E-state index in [1.807, 2.05) is 13.8 Å². The lowest BCUT2D eigenvalue weighted by Gasteiger charge is -2.18. The first kappa shape index (κ1) is 19.1. The Labute approximate surface area is 151 Å². The number of anilines is 1. The number of hydrogen-bond donors (Lipinski definition) is 3. The molecule has 136 valence electrons. The molecule has 3 amide bonds. The highest BCUT2D eigenvalue weighted by atomic mass is 35.5. The van der Waals surface area contributed by atoms with E-state index in [2.05, 4.69) is 10.6 Å². The van der Waals surface area contributed by atoms with E-state index in [1.54, 1.807) is 18.2 Å². The SMILES string of the molecule is CC(C)CC(CNC(=O)c1cc(N2CCNC2=O)ccc1Cl)C(=O)O. The van der Waals surface area contributed by atoms with Crippen molar-refractivity contribution >= 4 is 35.2 Å². The van der Waals surface area contributed by atoms with Crippen LogP contribution in [-0.4, -0.2) is 42.6 Å². The lowest BCUT2D eigenvalue weighted by Crippen LogP contribution is -2.34. The molecule has 1 heterocycles. The van der Waals surface area contributed by atoms with Gasteiger partial charge in [0.1, 0.15) is 0 Å². The Morgan fingerprint density at radius 3 is 2.68 bits per heavy atom. The number of carboxylic acid groups (broad SMARTS) is 1. The summed E-state index contributed by atoms with van der Waals surface area (Å²) in [6.45, 7) is 4.94. The molecule has 0 bridgehead atoms. The minimum atomic E-state index is -0.942. The number of nitrogens with zero attached hydrogens (tertiary/aromatic N) is 1. The molecule has 7 nitrogen and oxygen atoms in total. The summed E-state index contributed by atoms with van der Waals surface area (Å²) >= 11 is 6.10. The molecule has 0 radical (unpaired) electrons. The van der Waals surface area contributed by atoms with Crippen molar-refractivity contribution in [3.05, 3.63) is 28.8 Å². The Bertz CT molecular complexity index is 678. The number of hydrogen-bond acceptors (Lipinski definition) is 3. The Balaban J connectivity index is 2.10. The summed E-state index contributed by atoms with van der Waals surface area (Å²) in [5.41, 5.74) is 0.786. The van der Waals surface area contributed by atoms with Crippen LogP contribution in [0.15, 0.2) is 18.2 Å². The molecule has 1 saturated heterocycles. The van der Waals surface area contributed by atoms with Crippen molar-refractivity contribution in [3.8, 4) is 0 Å². The van der Waals surface area contributed by atoms with Crippen molar-refractivity contribution in [2.75, 3.05) is 24.5 Å². The topological polar surface area (TPSA) is 98.7 Å². The van der Waals surface area contributed by atoms with E-state index in [-0.39, 0.29) is 29.1 Å². The average Bonchev–Trinajstić information content (AvgIpc) is 2.97. The fourth-order valence-electron chi connectivity index (χ4n) is 2.72. The molecule has 0 saturated carbocycles. The number of benzene rings is 1. The zero-order valence-corrected chi connectivity index (χ0v) is 15.0. The van der Waals surface area contributed by atoms with Gasteiger partial charge in [0.2, 0.25) is 0 Å². The number of carboxylic acids is 1. The maximum absolute atomic E-state index is 12.4. The highest BCUT2D eigenvalue weighted by Gasteiger charge is 2.24. The summed E-state index contributed by atoms with van der Waals surface area (Å²) in [6, 6.07) is 4.54. The maximum Gasteiger partial charge on any atom is 0.321 e. The molecule has 8 heteroatoms. The third-order valence-electron chi connectivity index (χ3n) is 3.98. The van der Waals surface area contributed by atoms with Gasteiger partial charge in [-0.25, -0.2) is 4.79 Å². The van der Waals surface area contributed by atoms with Crippen LogP contribution in [0.25, 0.3) is 0 Å². The highest BCUT2D eigenvalue weighted by molar-refractivity contribution is 6.34. The van der Waals surface area contributed by atoms with E-state index in [1.165, 1.54) is 4.90 Å². The van der Waals surface area contributed by atoms with Gasteiger partial charge in [-0.15, -0.1) is 0 Å². The molecule has 25 heavy (non-hydrogen) atoms. The molecule has 1 unspecified atom stereocenters. The predicted octanol–water partition coefficient (Wildman–Crippen LogP) is 2.35. The second kappa shape index (κ2) is 8.20. The molecule has 1 aromatic carbocycles. The van der Waals surface area contributed by atoms with Crippen LogP contribution in [0, 0.1) is 11.8 Å². The Morgan fingerprint density at radius 1 is 1.40 bits per heavy atom. The van der Waals surface area contributed by atoms with E-state index in [4.69, 9.17) is 11.6 Å². The number of carbonyl (C=O) groups excluding carboxylic acids is 2. The summed E-state index contributed by atoms with van der Waals surface area (Å²) in [4.78, 5) is 37.0. The molecule has 1 fully saturated rings. The number of rotatable bonds is 7. The Kier molecular flexibility index (Phi) is 6.25. The Morgan fingerprint density at radius 2 is 2.12 bits per heavy atom. The van der Waals surface area contributed by atoms with Crippen molar-refractivity contribution in [2.45, 2.75) is 20.3 Å². The standard InChI is InChI=1S/C17H22ClN3O4/c1-10(2)7-11(16(23)24)9-20-15(22)13-8-12(3-4-14(13)18)21-6-5-19-17(21)25/h3-4,8,10-11H,5-7,9H2,1-2H3,(H,19,25)(H,20,22)(H,23,24). The molecule has 0 spiro atoms. The van der Waals surface area contributed by atoms with Crippen LogP contribution in [0.3, 0.4) is 0 Å². The number of nitrogens with one attached hydrogen (secondary N) is 2. The summed E-state index contributed by atoms with van der Waals surface area (Å²) in [5.74, 6) is -1.85. The van der Waals surface area contributed by atoms with Crippen LogP contribution in [-0.2, 0) is 4.79 Å². The van der Waals surface area contributed by atoms with Gasteiger partial charge < -0.3 is 15.7 Å². The number of aliphatic carboxylic acids is 1. The fraction of sp³-hybridized carbons (Fsp3) is 0.471. The zero-order chi connectivity index (χ0) is 18.6. The van der Waals surface area contributed by atoms with Gasteiger partial charge in [-0.3, -0.25) is 14.5 Å². The molecule has 2 rings (SSSR count). The van der Waals surface area contributed by atoms with Gasteiger partial charge in [-0.1, -0.05) is 25.4 Å². The van der Waals surface area contributed by atoms with Crippen molar-refractivity contribution < 1.29 is 19.5 Å². The molecule has 1 aromatic rings. The largest absolute Gasteiger partial charge is 0.481 e. The average molecular weight is 368 g/mol. The maximum atomic E-state index is 12.4. The molecule has 1 aliphatic heterocycles. The lowest BCUT2D eigenvalue weighted by molar-refractivity contribution is -0.142. The number of urea groups is 1. The van der Waals surface area contributed by atoms with Crippen LogP contribution in [0.2, 0.25) is 5.02 Å². The highest BCUT2D eigenvalue weighted by Crippen LogP contribution is 2.24. The minimum Gasteiger partial charge on any atom is -0.481 e. The van der Waals surface area contributed by atoms with Gasteiger partial charge in [0.15, 0.2) is 0 Å². The van der Waals surface area contributed by atoms with Crippen LogP contribution >= 0.6 is 11.6 Å². The zero-order valence-electron chi connectivity index (χ0n) is 14.2. The quantitative estimate of drug-likeness (QED) is 0.688. The van der Waals surface area contributed by atoms with Crippen molar-refractivity contribution in [1.82, 2.24) is 10.6 Å². The Hall–Kier alpha value is -2.28. The van der Waals surface area contributed by atoms with Gasteiger partial charge in [-0.2, -0.15) is 0 Å². The number of amides is 3. The smallest absolute Gasteiger partial charge is 0.321 e. The van der Waals surface area contributed by atoms with E-state index < -0.39 is 17.8 Å². The van der Waals surface area contributed by atoms with Crippen molar-refractivity contribution in [3.63, 3.8) is 0 Å². The first-order valence-corrected chi connectivity index (χ1v) is 8.53. The second-order valence-corrected chi connectivity index (χ2v) is 6.83. The van der Waals surface area contributed by atoms with Crippen molar-refractivity contribution in [2.24, 2.45) is 11.8 Å². The molecule has 0 aliphatic carbocycles. The third kappa shape index (κ3) is 4.85. The molecule has 0 aromatic heterocycles. The predicted molar refractivity (Wildman–Crippen MR) is 95.1 cm³/mol. The number of halogens is 1. The third-order valence-corrected chi connectivity index (χ3v) is 4.31. The van der Waals surface area contributed by atoms with Gasteiger partial charge >= 0.3 is 12.0 Å². The lowest BCUT2D eigenvalue weighted by atomic mass is 9.97. The van der Waals surface area contributed by atoms with Gasteiger partial charge in [0, 0.05) is 25.3 Å². The first-order chi connectivity index (χ1) is 11.8. The van der Waals surface area contributed by atoms with Gasteiger partial charge in [-0.05, 0) is 30.5 Å². The van der Waals surface area contributed by atoms with Crippen LogP contribution in [0.5, 0.6) is 0 Å². The fourth-order valence-corrected chi connectivity index (χ4v) is 2.93. The summed E-state index contributed by atoms with van der Waals surface area (Å²) < 4.78 is 0. The monoisotopic (exact) mass is 367 g/mol. The minimum absolute atomic E-state index is 0.0249. The first-order valence-electron chi connectivity index (χ1n) is 8.15. The van der Waals surface area contributed by atoms with E-state index in [0.717, 1.165) is 0 Å². The van der Waals surface area contributed by atoms with E-state index in [9.17, 15) is 19.5 Å². The van der Waals surface area contributed by atoms with Crippen LogP contribution in [0.1, 0.15) is 30.6 Å². The molecular weight excluding hydrogens is 346 g/mol. The molecule has 1 atom stereocenters. The normalized spacial score (nSPS) is 15.2. The summed E-state index contributed by atoms with van der Waals surface area (Å²) in [7, 11) is 0. The van der Waals surface area contributed by atoms with Gasteiger partial charge in [0.05, 0.1) is 16.5 Å². The summed E-state index contributed by atoms with van der Waals surface area (Å²) in [5, 5.41) is 14.8. The van der Waals surface area contributed by atoms with Crippen LogP contribution < -0.4 is 15.5 Å². The van der Waals surface area contributed by atoms with Crippen LogP contribution in [0.4, 0.5) is 10.5 Å². The second-order valence-electron chi connectivity index (χ2n) is 6.42. The molecular formula is C17H22ClN3O4. The van der Waals surface area contributed by atoms with E-state index >= 15 is 0 Å². The summed E-state index contributed by atoms with van der Waals surface area (Å²) in [6.07, 6.45) is 0.470. The van der Waals surface area contributed by atoms with E-state index in [0.29, 0.717) is 25.2 Å².